The zero-order valence-electron chi connectivity index (χ0n) is 16.2. The summed E-state index contributed by atoms with van der Waals surface area (Å²) in [5, 5.41) is 0.487. The first-order valence-corrected chi connectivity index (χ1v) is 12.2. The zero-order chi connectivity index (χ0) is 20.1. The van der Waals surface area contributed by atoms with Crippen molar-refractivity contribution in [3.05, 3.63) is 52.2 Å². The molecule has 0 amide bonds. The summed E-state index contributed by atoms with van der Waals surface area (Å²) in [6.45, 7) is 4.08. The Morgan fingerprint density at radius 2 is 2.14 bits per heavy atom. The number of nitrogens with zero attached hydrogens (tertiary/aromatic N) is 1. The molecule has 1 atom stereocenters. The number of carbonyl (C=O) groups is 1. The van der Waals surface area contributed by atoms with Crippen LogP contribution in [0.4, 0.5) is 4.39 Å². The third kappa shape index (κ3) is 6.09. The Morgan fingerprint density at radius 3 is 2.86 bits per heavy atom. The van der Waals surface area contributed by atoms with Gasteiger partial charge in [0.25, 0.3) is 0 Å². The van der Waals surface area contributed by atoms with Gasteiger partial charge in [0.15, 0.2) is 11.0 Å². The van der Waals surface area contributed by atoms with Crippen LogP contribution in [0.3, 0.4) is 0 Å². The van der Waals surface area contributed by atoms with Gasteiger partial charge >= 0.3 is 0 Å². The normalized spacial score (nSPS) is 18.8. The smallest absolute Gasteiger partial charge is 0.177 e. The number of hydrogen-bond donors (Lipinski definition) is 1. The molecule has 3 rings (SSSR count). The Morgan fingerprint density at radius 1 is 1.34 bits per heavy atom. The van der Waals surface area contributed by atoms with E-state index in [-0.39, 0.29) is 25.4 Å². The van der Waals surface area contributed by atoms with Gasteiger partial charge in [-0.3, -0.25) is 9.79 Å². The van der Waals surface area contributed by atoms with Crippen molar-refractivity contribution >= 4 is 45.8 Å². The van der Waals surface area contributed by atoms with Crippen LogP contribution in [0.5, 0.6) is 0 Å². The van der Waals surface area contributed by atoms with Crippen molar-refractivity contribution < 1.29 is 9.18 Å². The average Bonchev–Trinajstić information content (AvgIpc) is 3.12. The van der Waals surface area contributed by atoms with Gasteiger partial charge in [0.1, 0.15) is 5.82 Å². The summed E-state index contributed by atoms with van der Waals surface area (Å²) in [6, 6.07) is 8.83. The summed E-state index contributed by atoms with van der Waals surface area (Å²) < 4.78 is 15.7. The van der Waals surface area contributed by atoms with Crippen molar-refractivity contribution in [2.75, 3.05) is 11.5 Å². The van der Waals surface area contributed by atoms with E-state index in [9.17, 15) is 9.18 Å². The first kappa shape index (κ1) is 24.0. The lowest BCUT2D eigenvalue weighted by molar-refractivity contribution is 0.0996. The highest BCUT2D eigenvalue weighted by atomic mass is 32.2. The quantitative estimate of drug-likeness (QED) is 0.282. The minimum Gasteiger partial charge on any atom is -0.379 e. The van der Waals surface area contributed by atoms with Crippen LogP contribution in [0.25, 0.3) is 0 Å². The number of benzene rings is 1. The summed E-state index contributed by atoms with van der Waals surface area (Å²) in [6.07, 6.45) is 3.33. The number of thiophene rings is 1. The van der Waals surface area contributed by atoms with Crippen molar-refractivity contribution in [1.82, 2.24) is 0 Å². The second kappa shape index (κ2) is 10.6. The lowest BCUT2D eigenvalue weighted by atomic mass is 9.87. The van der Waals surface area contributed by atoms with Crippen molar-refractivity contribution in [3.8, 4) is 0 Å². The lowest BCUT2D eigenvalue weighted by Crippen LogP contribution is -2.29. The Labute approximate surface area is 185 Å². The molecule has 0 radical (unpaired) electrons. The van der Waals surface area contributed by atoms with Crippen molar-refractivity contribution in [1.29, 1.82) is 0 Å². The van der Waals surface area contributed by atoms with Gasteiger partial charge in [-0.15, -0.1) is 23.1 Å². The molecule has 0 bridgehead atoms. The second-order valence-corrected chi connectivity index (χ2v) is 10.7. The first-order valence-electron chi connectivity index (χ1n) is 9.44. The first-order chi connectivity index (χ1) is 13.4. The third-order valence-electron chi connectivity index (χ3n) is 4.77. The average molecular weight is 453 g/mol. The van der Waals surface area contributed by atoms with Gasteiger partial charge in [-0.1, -0.05) is 38.6 Å². The summed E-state index contributed by atoms with van der Waals surface area (Å²) in [7, 11) is 0. The van der Waals surface area contributed by atoms with Crippen molar-refractivity contribution in [2.45, 2.75) is 56.7 Å². The molecule has 0 spiro atoms. The van der Waals surface area contributed by atoms with E-state index in [0.717, 1.165) is 28.4 Å². The topological polar surface area (TPSA) is 55.5 Å². The number of hydrogen-bond acceptors (Lipinski definition) is 6. The van der Waals surface area contributed by atoms with Gasteiger partial charge < -0.3 is 5.73 Å². The van der Waals surface area contributed by atoms with Crippen LogP contribution in [0.2, 0.25) is 0 Å². The van der Waals surface area contributed by atoms with Crippen molar-refractivity contribution in [3.63, 3.8) is 0 Å². The molecule has 0 saturated carbocycles. The van der Waals surface area contributed by atoms with E-state index in [4.69, 9.17) is 5.73 Å². The molecule has 7 heteroatoms. The summed E-state index contributed by atoms with van der Waals surface area (Å²) in [5.41, 5.74) is 6.52. The van der Waals surface area contributed by atoms with E-state index in [2.05, 4.69) is 11.9 Å². The van der Waals surface area contributed by atoms with Crippen LogP contribution < -0.4 is 5.73 Å². The highest BCUT2D eigenvalue weighted by Gasteiger charge is 2.32. The highest BCUT2D eigenvalue weighted by Crippen LogP contribution is 2.37. The minimum atomic E-state index is -0.676. The van der Waals surface area contributed by atoms with Gasteiger partial charge in [-0.25, -0.2) is 4.39 Å². The molecule has 3 nitrogen and oxygen atoms in total. The largest absolute Gasteiger partial charge is 0.379 e. The van der Waals surface area contributed by atoms with E-state index >= 15 is 0 Å². The standard InChI is InChI=1S/C21H25FN2OS3.CH4/c1-3-4-10-26-19-8-7-18(28-19)17(25)13-14-5-6-16(22)15(12-14)21(2)9-11-27-20(23)24-21;/h5-8,12H,3-4,9-11,13H2,1-2H3,(H2,23,24);1H4/t21-;/m0./s1. The fourth-order valence-corrected chi connectivity index (χ4v) is 6.32. The van der Waals surface area contributed by atoms with Crippen LogP contribution in [-0.2, 0) is 12.0 Å². The maximum absolute atomic E-state index is 14.5. The molecule has 0 unspecified atom stereocenters. The van der Waals surface area contributed by atoms with E-state index in [1.54, 1.807) is 35.2 Å². The summed E-state index contributed by atoms with van der Waals surface area (Å²) in [5.74, 6) is 1.65. The predicted molar refractivity (Wildman–Crippen MR) is 127 cm³/mol. The number of unbranched alkanes of at least 4 members (excludes halogenated alkanes) is 1. The highest BCUT2D eigenvalue weighted by molar-refractivity contribution is 8.13. The van der Waals surface area contributed by atoms with E-state index < -0.39 is 5.54 Å². The number of nitrogens with two attached hydrogens (primary N) is 1. The molecule has 1 aromatic heterocycles. The van der Waals surface area contributed by atoms with Crippen LogP contribution >= 0.6 is 34.9 Å². The Kier molecular flexibility index (Phi) is 8.79. The molecule has 2 N–H and O–H groups in total. The van der Waals surface area contributed by atoms with Gasteiger partial charge in [0, 0.05) is 17.7 Å². The molecule has 29 heavy (non-hydrogen) atoms. The fraction of sp³-hybridized carbons (Fsp3) is 0.455. The van der Waals surface area contributed by atoms with Crippen LogP contribution in [0.1, 0.15) is 61.3 Å². The summed E-state index contributed by atoms with van der Waals surface area (Å²) >= 11 is 4.84. The molecule has 2 heterocycles. The number of amidine groups is 1. The molecule has 0 fully saturated rings. The van der Waals surface area contributed by atoms with Crippen LogP contribution in [-0.4, -0.2) is 22.5 Å². The number of rotatable bonds is 8. The van der Waals surface area contributed by atoms with Crippen LogP contribution in [0, 0.1) is 5.82 Å². The number of Topliss-reactive ketones (excluding diaryl/α,β-unsaturated/α-hetero) is 1. The van der Waals surface area contributed by atoms with Crippen LogP contribution in [0.15, 0.2) is 39.5 Å². The minimum absolute atomic E-state index is 0. The maximum atomic E-state index is 14.5. The number of ketones is 1. The molecule has 0 saturated heterocycles. The molecular formula is C22H29FN2OS3. The number of aliphatic imine (C=N–C) groups is 1. The fourth-order valence-electron chi connectivity index (χ4n) is 3.11. The monoisotopic (exact) mass is 452 g/mol. The van der Waals surface area contributed by atoms with Gasteiger partial charge in [0.2, 0.25) is 0 Å². The number of thioether (sulfide) groups is 2. The van der Waals surface area contributed by atoms with Crippen molar-refractivity contribution in [2.24, 2.45) is 10.7 Å². The molecule has 1 aliphatic rings. The molecule has 158 valence electrons. The summed E-state index contributed by atoms with van der Waals surface area (Å²) in [4.78, 5) is 18.0. The molecular weight excluding hydrogens is 423 g/mol. The molecule has 0 aliphatic carbocycles. The SMILES string of the molecule is C.CCCCSc1ccc(C(=O)Cc2ccc(F)c([C@]3(C)CCSC(N)=N3)c2)s1. The van der Waals surface area contributed by atoms with Gasteiger partial charge in [-0.2, -0.15) is 0 Å². The Bertz CT molecular complexity index is 881. The molecule has 1 aromatic carbocycles. The second-order valence-electron chi connectivity index (χ2n) is 7.06. The predicted octanol–water partition coefficient (Wildman–Crippen LogP) is 6.51. The third-order valence-corrected chi connectivity index (χ3v) is 8.00. The number of carbonyl (C=O) groups excluding carboxylic acids is 1. The van der Waals surface area contributed by atoms with E-state index in [1.165, 1.54) is 34.9 Å². The number of halogens is 1. The zero-order valence-corrected chi connectivity index (χ0v) is 18.6. The molecule has 1 aliphatic heterocycles. The van der Waals surface area contributed by atoms with Gasteiger partial charge in [0.05, 0.1) is 14.6 Å². The lowest BCUT2D eigenvalue weighted by Gasteiger charge is -2.30. The Balaban J connectivity index is 0.00000300. The molecule has 2 aromatic rings. The Hall–Kier alpha value is -1.31. The van der Waals surface area contributed by atoms with Gasteiger partial charge in [-0.05, 0) is 55.3 Å². The van der Waals surface area contributed by atoms with E-state index in [1.807, 2.05) is 19.1 Å². The maximum Gasteiger partial charge on any atom is 0.177 e. The van der Waals surface area contributed by atoms with E-state index in [0.29, 0.717) is 10.7 Å².